The van der Waals surface area contributed by atoms with E-state index in [1.165, 1.54) is 24.5 Å². The molecule has 84 valence electrons. The summed E-state index contributed by atoms with van der Waals surface area (Å²) in [5.74, 6) is -1.87. The minimum Gasteiger partial charge on any atom is -0.478 e. The first-order valence-corrected chi connectivity index (χ1v) is 4.78. The summed E-state index contributed by atoms with van der Waals surface area (Å²) < 4.78 is 0. The van der Waals surface area contributed by atoms with Crippen LogP contribution in [0.25, 0.3) is 0 Å². The molecule has 0 aliphatic heterocycles. The van der Waals surface area contributed by atoms with Crippen LogP contribution in [-0.2, 0) is 16.0 Å². The monoisotopic (exact) mass is 219 g/mol. The van der Waals surface area contributed by atoms with Gasteiger partial charge in [-0.15, -0.1) is 0 Å². The predicted molar refractivity (Wildman–Crippen MR) is 59.8 cm³/mol. The van der Waals surface area contributed by atoms with E-state index in [1.54, 1.807) is 0 Å². The molecule has 0 spiro atoms. The molecule has 3 rings (SSSR count). The molecule has 1 amide bonds. The number of carbonyl (C=O) groups is 2. The number of hydrogen-bond acceptors (Lipinski definition) is 2. The van der Waals surface area contributed by atoms with Gasteiger partial charge in [0.1, 0.15) is 0 Å². The van der Waals surface area contributed by atoms with Crippen LogP contribution in [-0.4, -0.2) is 17.0 Å². The third-order valence-electron chi connectivity index (χ3n) is 2.13. The highest BCUT2D eigenvalue weighted by atomic mass is 16.4. The van der Waals surface area contributed by atoms with Crippen molar-refractivity contribution in [3.63, 3.8) is 0 Å². The zero-order valence-electron chi connectivity index (χ0n) is 8.93. The zero-order chi connectivity index (χ0) is 12.1. The zero-order valence-corrected chi connectivity index (χ0v) is 8.93. The molecule has 0 saturated carbocycles. The van der Waals surface area contributed by atoms with Crippen molar-refractivity contribution in [2.75, 3.05) is 0 Å². The fourth-order valence-electron chi connectivity index (χ4n) is 1.21. The summed E-state index contributed by atoms with van der Waals surface area (Å²) in [6.45, 7) is 1.34. The third kappa shape index (κ3) is 3.57. The molecule has 3 N–H and O–H groups in total. The van der Waals surface area contributed by atoms with Crippen LogP contribution < -0.4 is 5.73 Å². The highest BCUT2D eigenvalue weighted by Gasteiger charge is 2.04. The molecule has 0 atom stereocenters. The fraction of sp³-hybridized carbons (Fsp3) is 0.167. The van der Waals surface area contributed by atoms with Crippen LogP contribution in [0.1, 0.15) is 18.1 Å². The van der Waals surface area contributed by atoms with Crippen LogP contribution in [0.5, 0.6) is 0 Å². The second kappa shape index (κ2) is 5.11. The van der Waals surface area contributed by atoms with Crippen molar-refractivity contribution in [3.8, 4) is 0 Å². The van der Waals surface area contributed by atoms with Crippen LogP contribution in [0.4, 0.5) is 0 Å². The minimum absolute atomic E-state index is 0.0440. The first-order valence-electron chi connectivity index (χ1n) is 4.78. The summed E-state index contributed by atoms with van der Waals surface area (Å²) in [4.78, 5) is 20.0. The summed E-state index contributed by atoms with van der Waals surface area (Å²) >= 11 is 0. The summed E-state index contributed by atoms with van der Waals surface area (Å²) in [6, 6.07) is 8.65. The molecule has 2 aliphatic carbocycles. The minimum atomic E-state index is -1.16. The van der Waals surface area contributed by atoms with Crippen molar-refractivity contribution in [1.29, 1.82) is 0 Å². The maximum absolute atomic E-state index is 10.1. The average molecular weight is 219 g/mol. The van der Waals surface area contributed by atoms with Gasteiger partial charge in [-0.3, -0.25) is 4.79 Å². The molecule has 4 heteroatoms. The molecule has 4 nitrogen and oxygen atoms in total. The number of hydrogen-bond donors (Lipinski definition) is 2. The Bertz CT molecular complexity index is 425. The molecule has 16 heavy (non-hydrogen) atoms. The van der Waals surface area contributed by atoms with Crippen molar-refractivity contribution in [2.24, 2.45) is 5.73 Å². The highest BCUT2D eigenvalue weighted by molar-refractivity contribution is 5.97. The molecule has 0 aromatic heterocycles. The molecular formula is C12H13NO3. The largest absolute Gasteiger partial charge is 0.478 e. The lowest BCUT2D eigenvalue weighted by atomic mass is 9.94. The first kappa shape index (κ1) is 12.0. The topological polar surface area (TPSA) is 80.4 Å². The number of carbonyl (C=O) groups excluding carboxylic acids is 1. The summed E-state index contributed by atoms with van der Waals surface area (Å²) in [5, 5.41) is 8.05. The summed E-state index contributed by atoms with van der Waals surface area (Å²) in [7, 11) is 0. The van der Waals surface area contributed by atoms with Crippen LogP contribution in [0.15, 0.2) is 35.9 Å². The second-order valence-corrected chi connectivity index (χ2v) is 3.53. The number of aliphatic carboxylic acids is 1. The molecule has 1 aromatic carbocycles. The van der Waals surface area contributed by atoms with E-state index >= 15 is 0 Å². The second-order valence-electron chi connectivity index (χ2n) is 3.53. The van der Waals surface area contributed by atoms with Crippen molar-refractivity contribution in [2.45, 2.75) is 13.3 Å². The van der Waals surface area contributed by atoms with Gasteiger partial charge in [-0.1, -0.05) is 24.3 Å². The number of nitrogens with two attached hydrogens (primary N) is 1. The van der Waals surface area contributed by atoms with E-state index in [0.717, 1.165) is 6.08 Å². The van der Waals surface area contributed by atoms with E-state index < -0.39 is 11.9 Å². The number of carboxylic acids is 1. The summed E-state index contributed by atoms with van der Waals surface area (Å²) in [5.41, 5.74) is 7.73. The molecular weight excluding hydrogens is 206 g/mol. The number of primary amides is 1. The average Bonchev–Trinajstić information content (AvgIpc) is 2.17. The Morgan fingerprint density at radius 3 is 2.00 bits per heavy atom. The van der Waals surface area contributed by atoms with Crippen LogP contribution in [0.3, 0.4) is 0 Å². The number of fused-ring (bicyclic) bond motifs is 2. The van der Waals surface area contributed by atoms with Gasteiger partial charge in [0.25, 0.3) is 0 Å². The molecule has 0 saturated heterocycles. The van der Waals surface area contributed by atoms with Crippen molar-refractivity contribution in [3.05, 3.63) is 47.0 Å². The molecule has 0 heterocycles. The standard InChI is InChI=1S/C7H6.C5H7NO3/c1-2-6-4-7(3-1)5-6;1-3(5(6)9)2-4(7)8/h1-4H,5H2;2H,1H3,(H2,6,9)(H,7,8). The van der Waals surface area contributed by atoms with Crippen molar-refractivity contribution < 1.29 is 14.7 Å². The van der Waals surface area contributed by atoms with E-state index in [9.17, 15) is 9.59 Å². The van der Waals surface area contributed by atoms with Crippen LogP contribution in [0, 0.1) is 0 Å². The predicted octanol–water partition coefficient (Wildman–Crippen LogP) is 1.09. The Hall–Kier alpha value is -2.10. The molecule has 0 unspecified atom stereocenters. The molecule has 2 bridgehead atoms. The Kier molecular flexibility index (Phi) is 3.83. The van der Waals surface area contributed by atoms with Gasteiger partial charge in [0, 0.05) is 11.6 Å². The Morgan fingerprint density at radius 2 is 1.88 bits per heavy atom. The number of carboxylic acid groups (broad SMARTS) is 1. The smallest absolute Gasteiger partial charge is 0.328 e. The molecule has 2 aliphatic rings. The van der Waals surface area contributed by atoms with E-state index in [0.29, 0.717) is 0 Å². The van der Waals surface area contributed by atoms with Gasteiger partial charge in [0.2, 0.25) is 5.91 Å². The lowest BCUT2D eigenvalue weighted by Gasteiger charge is -2.11. The lowest BCUT2D eigenvalue weighted by Crippen LogP contribution is -2.12. The van der Waals surface area contributed by atoms with Crippen LogP contribution in [0.2, 0.25) is 0 Å². The number of benzene rings is 1. The van der Waals surface area contributed by atoms with Crippen molar-refractivity contribution >= 4 is 11.9 Å². The third-order valence-corrected chi connectivity index (χ3v) is 2.13. The lowest BCUT2D eigenvalue weighted by molar-refractivity contribution is -0.131. The van der Waals surface area contributed by atoms with Gasteiger partial charge in [-0.2, -0.15) is 0 Å². The number of amides is 1. The van der Waals surface area contributed by atoms with Gasteiger partial charge >= 0.3 is 5.97 Å². The van der Waals surface area contributed by atoms with Gasteiger partial charge in [-0.05, 0) is 24.5 Å². The van der Waals surface area contributed by atoms with E-state index in [2.05, 4.69) is 24.3 Å². The fourth-order valence-corrected chi connectivity index (χ4v) is 1.21. The Balaban J connectivity index is 0.000000163. The van der Waals surface area contributed by atoms with Crippen molar-refractivity contribution in [1.82, 2.24) is 0 Å². The maximum Gasteiger partial charge on any atom is 0.328 e. The molecule has 1 aromatic rings. The maximum atomic E-state index is 10.1. The SMILES string of the molecule is CC(=CC(=O)O)C(N)=O.c1cc2cc(c1)C2. The molecule has 0 fully saturated rings. The molecule has 0 radical (unpaired) electrons. The van der Waals surface area contributed by atoms with Gasteiger partial charge in [0.05, 0.1) is 0 Å². The number of rotatable bonds is 2. The Morgan fingerprint density at radius 1 is 1.38 bits per heavy atom. The van der Waals surface area contributed by atoms with Gasteiger partial charge in [0.15, 0.2) is 0 Å². The summed E-state index contributed by atoms with van der Waals surface area (Å²) in [6.07, 6.45) is 1.98. The first-order chi connectivity index (χ1) is 7.49. The van der Waals surface area contributed by atoms with Gasteiger partial charge in [-0.25, -0.2) is 4.79 Å². The van der Waals surface area contributed by atoms with E-state index in [1.807, 2.05) is 0 Å². The Labute approximate surface area is 93.4 Å². The quantitative estimate of drug-likeness (QED) is 0.742. The van der Waals surface area contributed by atoms with Crippen LogP contribution >= 0.6 is 0 Å². The normalized spacial score (nSPS) is 11.9. The highest BCUT2D eigenvalue weighted by Crippen LogP contribution is 2.18. The van der Waals surface area contributed by atoms with E-state index in [-0.39, 0.29) is 5.57 Å². The van der Waals surface area contributed by atoms with Gasteiger partial charge < -0.3 is 10.8 Å². The van der Waals surface area contributed by atoms with E-state index in [4.69, 9.17) is 10.8 Å².